The monoisotopic (exact) mass is 359 g/mol. The molecule has 0 saturated carbocycles. The fraction of sp³-hybridized carbons (Fsp3) is 0.389. The van der Waals surface area contributed by atoms with Crippen molar-refractivity contribution in [1.29, 1.82) is 0 Å². The van der Waals surface area contributed by atoms with E-state index in [9.17, 15) is 9.18 Å². The van der Waals surface area contributed by atoms with Crippen LogP contribution < -0.4 is 15.5 Å². The summed E-state index contributed by atoms with van der Waals surface area (Å²) < 4.78 is 18.5. The number of hydrogen-bond donors (Lipinski definition) is 2. The zero-order valence-corrected chi connectivity index (χ0v) is 14.7. The third-order valence-electron chi connectivity index (χ3n) is 3.96. The molecule has 1 aromatic heterocycles. The van der Waals surface area contributed by atoms with Crippen LogP contribution in [0.15, 0.2) is 30.3 Å². The number of benzene rings is 1. The molecule has 0 atom stereocenters. The number of carbonyl (C=O) groups excluding carboxylic acids is 1. The second kappa shape index (κ2) is 8.57. The van der Waals surface area contributed by atoms with Gasteiger partial charge in [-0.3, -0.25) is 4.79 Å². The highest BCUT2D eigenvalue weighted by Gasteiger charge is 2.14. The van der Waals surface area contributed by atoms with Crippen molar-refractivity contribution in [2.24, 2.45) is 0 Å². The molecule has 2 N–H and O–H groups in total. The minimum Gasteiger partial charge on any atom is -0.378 e. The highest BCUT2D eigenvalue weighted by atomic mass is 19.1. The number of hydrogen-bond acceptors (Lipinski definition) is 6. The summed E-state index contributed by atoms with van der Waals surface area (Å²) in [4.78, 5) is 23.0. The maximum absolute atomic E-state index is 13.1. The summed E-state index contributed by atoms with van der Waals surface area (Å²) >= 11 is 0. The van der Waals surface area contributed by atoms with Gasteiger partial charge < -0.3 is 20.3 Å². The van der Waals surface area contributed by atoms with Crippen molar-refractivity contribution >= 4 is 17.5 Å². The van der Waals surface area contributed by atoms with Crippen LogP contribution in [0.4, 0.5) is 16.0 Å². The van der Waals surface area contributed by atoms with Crippen molar-refractivity contribution in [3.63, 3.8) is 0 Å². The summed E-state index contributed by atoms with van der Waals surface area (Å²) in [7, 11) is 0. The third-order valence-corrected chi connectivity index (χ3v) is 3.96. The molecule has 8 heteroatoms. The van der Waals surface area contributed by atoms with Crippen LogP contribution in [0.2, 0.25) is 0 Å². The average molecular weight is 359 g/mol. The van der Waals surface area contributed by atoms with Crippen LogP contribution in [-0.4, -0.2) is 55.3 Å². The molecule has 3 rings (SSSR count). The number of carbonyl (C=O) groups is 1. The molecule has 1 saturated heterocycles. The van der Waals surface area contributed by atoms with Gasteiger partial charge in [-0.15, -0.1) is 0 Å². The number of amides is 1. The van der Waals surface area contributed by atoms with E-state index >= 15 is 0 Å². The Morgan fingerprint density at radius 2 is 2.04 bits per heavy atom. The van der Waals surface area contributed by atoms with E-state index in [1.807, 2.05) is 13.0 Å². The zero-order chi connectivity index (χ0) is 18.4. The topological polar surface area (TPSA) is 79.4 Å². The number of nitrogens with zero attached hydrogens (tertiary/aromatic N) is 3. The van der Waals surface area contributed by atoms with Crippen molar-refractivity contribution in [2.75, 3.05) is 49.6 Å². The molecule has 0 spiro atoms. The molecule has 1 amide bonds. The summed E-state index contributed by atoms with van der Waals surface area (Å²) in [5.41, 5.74) is 0.303. The number of morpholine rings is 1. The van der Waals surface area contributed by atoms with Crippen molar-refractivity contribution in [3.8, 4) is 0 Å². The first-order valence-electron chi connectivity index (χ1n) is 8.58. The Hall–Kier alpha value is -2.74. The van der Waals surface area contributed by atoms with Crippen molar-refractivity contribution < 1.29 is 13.9 Å². The Balaban J connectivity index is 1.51. The molecule has 0 bridgehead atoms. The molecule has 2 heterocycles. The van der Waals surface area contributed by atoms with Gasteiger partial charge in [0.2, 0.25) is 0 Å². The molecule has 0 unspecified atom stereocenters. The van der Waals surface area contributed by atoms with Gasteiger partial charge in [0, 0.05) is 37.8 Å². The first-order chi connectivity index (χ1) is 12.6. The standard InChI is InChI=1S/C18H22FN5O2/c1-13-22-16(12-17(23-13)24-7-9-26-10-8-24)20-5-6-21-18(25)14-3-2-4-15(19)11-14/h2-4,11-12H,5-10H2,1H3,(H,21,25)(H,20,22,23). The van der Waals surface area contributed by atoms with Gasteiger partial charge in [-0.05, 0) is 25.1 Å². The van der Waals surface area contributed by atoms with Crippen molar-refractivity contribution in [3.05, 3.63) is 47.5 Å². The zero-order valence-electron chi connectivity index (χ0n) is 14.7. The van der Waals surface area contributed by atoms with E-state index in [-0.39, 0.29) is 5.91 Å². The van der Waals surface area contributed by atoms with Crippen LogP contribution in [-0.2, 0) is 4.74 Å². The highest BCUT2D eigenvalue weighted by molar-refractivity contribution is 5.94. The summed E-state index contributed by atoms with van der Waals surface area (Å²) in [6, 6.07) is 7.51. The fourth-order valence-electron chi connectivity index (χ4n) is 2.70. The normalized spacial score (nSPS) is 14.2. The molecule has 1 fully saturated rings. The smallest absolute Gasteiger partial charge is 0.251 e. The maximum atomic E-state index is 13.1. The number of aryl methyl sites for hydroxylation is 1. The van der Waals surface area contributed by atoms with Crippen LogP contribution in [0, 0.1) is 12.7 Å². The number of ether oxygens (including phenoxy) is 1. The Bertz CT molecular complexity index is 765. The number of rotatable bonds is 6. The van der Waals surface area contributed by atoms with E-state index in [0.717, 1.165) is 18.9 Å². The van der Waals surface area contributed by atoms with Crippen LogP contribution in [0.3, 0.4) is 0 Å². The number of nitrogens with one attached hydrogen (secondary N) is 2. The minimum atomic E-state index is -0.428. The molecular weight excluding hydrogens is 337 g/mol. The summed E-state index contributed by atoms with van der Waals surface area (Å²) in [6.45, 7) is 5.74. The largest absolute Gasteiger partial charge is 0.378 e. The Morgan fingerprint density at radius 3 is 2.81 bits per heavy atom. The van der Waals surface area contributed by atoms with Crippen LogP contribution >= 0.6 is 0 Å². The van der Waals surface area contributed by atoms with E-state index < -0.39 is 5.82 Å². The molecule has 0 aliphatic carbocycles. The lowest BCUT2D eigenvalue weighted by Gasteiger charge is -2.28. The molecule has 2 aromatic rings. The first kappa shape index (κ1) is 18.1. The summed E-state index contributed by atoms with van der Waals surface area (Å²) in [5.74, 6) is 1.52. The van der Waals surface area contributed by atoms with E-state index in [4.69, 9.17) is 4.74 Å². The van der Waals surface area contributed by atoms with Crippen LogP contribution in [0.5, 0.6) is 0 Å². The molecule has 26 heavy (non-hydrogen) atoms. The second-order valence-electron chi connectivity index (χ2n) is 5.95. The van der Waals surface area contributed by atoms with Gasteiger partial charge in [-0.2, -0.15) is 0 Å². The molecule has 138 valence electrons. The SMILES string of the molecule is Cc1nc(NCCNC(=O)c2cccc(F)c2)cc(N2CCOCC2)n1. The molecule has 1 aliphatic heterocycles. The van der Waals surface area contributed by atoms with Gasteiger partial charge in [0.25, 0.3) is 5.91 Å². The van der Waals surface area contributed by atoms with E-state index in [1.54, 1.807) is 6.07 Å². The third kappa shape index (κ3) is 4.89. The molecule has 1 aliphatic rings. The Morgan fingerprint density at radius 1 is 1.23 bits per heavy atom. The van der Waals surface area contributed by atoms with Crippen LogP contribution in [0.1, 0.15) is 16.2 Å². The van der Waals surface area contributed by atoms with Crippen molar-refractivity contribution in [1.82, 2.24) is 15.3 Å². The molecule has 7 nitrogen and oxygen atoms in total. The summed E-state index contributed by atoms with van der Waals surface area (Å²) in [6.07, 6.45) is 0. The first-order valence-corrected chi connectivity index (χ1v) is 8.58. The van der Waals surface area contributed by atoms with Gasteiger partial charge in [0.15, 0.2) is 0 Å². The quantitative estimate of drug-likeness (QED) is 0.763. The maximum Gasteiger partial charge on any atom is 0.251 e. The fourth-order valence-corrected chi connectivity index (χ4v) is 2.70. The molecular formula is C18H22FN5O2. The predicted octanol–water partition coefficient (Wildman–Crippen LogP) is 1.60. The lowest BCUT2D eigenvalue weighted by atomic mass is 10.2. The number of aromatic nitrogens is 2. The predicted molar refractivity (Wildman–Crippen MR) is 97.0 cm³/mol. The second-order valence-corrected chi connectivity index (χ2v) is 5.95. The van der Waals surface area contributed by atoms with Gasteiger partial charge in [0.05, 0.1) is 13.2 Å². The van der Waals surface area contributed by atoms with E-state index in [0.29, 0.717) is 43.5 Å². The van der Waals surface area contributed by atoms with Crippen LogP contribution in [0.25, 0.3) is 0 Å². The Kier molecular flexibility index (Phi) is 5.96. The lowest BCUT2D eigenvalue weighted by Crippen LogP contribution is -2.37. The van der Waals surface area contributed by atoms with Gasteiger partial charge in [-0.1, -0.05) is 6.07 Å². The number of anilines is 2. The Labute approximate surface area is 151 Å². The van der Waals surface area contributed by atoms with Gasteiger partial charge >= 0.3 is 0 Å². The lowest BCUT2D eigenvalue weighted by molar-refractivity contribution is 0.0954. The molecule has 0 radical (unpaired) electrons. The van der Waals surface area contributed by atoms with Gasteiger partial charge in [-0.25, -0.2) is 14.4 Å². The minimum absolute atomic E-state index is 0.303. The van der Waals surface area contributed by atoms with E-state index in [2.05, 4.69) is 25.5 Å². The van der Waals surface area contributed by atoms with Gasteiger partial charge in [0.1, 0.15) is 23.3 Å². The van der Waals surface area contributed by atoms with Crippen molar-refractivity contribution in [2.45, 2.75) is 6.92 Å². The molecule has 1 aromatic carbocycles. The summed E-state index contributed by atoms with van der Waals surface area (Å²) in [5, 5.41) is 5.94. The van der Waals surface area contributed by atoms with E-state index in [1.165, 1.54) is 18.2 Å². The highest BCUT2D eigenvalue weighted by Crippen LogP contribution is 2.16. The average Bonchev–Trinajstić information content (AvgIpc) is 2.65. The number of halogens is 1.